The van der Waals surface area contributed by atoms with E-state index >= 15 is 0 Å². The van der Waals surface area contributed by atoms with E-state index in [-0.39, 0.29) is 12.0 Å². The molecule has 0 spiro atoms. The number of rotatable bonds is 2. The number of carbonyl (C=O) groups is 1. The molecule has 1 aliphatic rings. The largest absolute Gasteiger partial charge is 0.474 e. The van der Waals surface area contributed by atoms with Crippen molar-refractivity contribution in [1.82, 2.24) is 0 Å². The molecule has 15 heavy (non-hydrogen) atoms. The van der Waals surface area contributed by atoms with Gasteiger partial charge in [-0.05, 0) is 18.1 Å². The zero-order valence-electron chi connectivity index (χ0n) is 8.30. The topological polar surface area (TPSA) is 58.9 Å². The highest BCUT2D eigenvalue weighted by atomic mass is 16.5. The van der Waals surface area contributed by atoms with Gasteiger partial charge >= 0.3 is 5.97 Å². The maximum atomic E-state index is 10.6. The average molecular weight is 205 g/mol. The standard InChI is InChI=1S/C11H11NO3/c1-7-4-2-3-5-8(7)9-6-12-10(15-9)11(13)14/h2-5,9H,6H2,1H3,(H,13,14). The first-order valence-corrected chi connectivity index (χ1v) is 4.68. The molecule has 1 aromatic rings. The predicted molar refractivity (Wildman–Crippen MR) is 54.9 cm³/mol. The van der Waals surface area contributed by atoms with Crippen LogP contribution >= 0.6 is 0 Å². The number of aryl methyl sites for hydroxylation is 1. The number of aliphatic imine (C=N–C) groups is 1. The van der Waals surface area contributed by atoms with Gasteiger partial charge in [-0.1, -0.05) is 24.3 Å². The van der Waals surface area contributed by atoms with E-state index in [1.807, 2.05) is 31.2 Å². The molecule has 1 heterocycles. The highest BCUT2D eigenvalue weighted by Gasteiger charge is 2.26. The molecule has 2 rings (SSSR count). The molecule has 1 atom stereocenters. The average Bonchev–Trinajstić information content (AvgIpc) is 2.67. The van der Waals surface area contributed by atoms with Gasteiger partial charge in [0.25, 0.3) is 5.90 Å². The summed E-state index contributed by atoms with van der Waals surface area (Å²) in [5.74, 6) is -1.30. The quantitative estimate of drug-likeness (QED) is 0.796. The lowest BCUT2D eigenvalue weighted by molar-refractivity contribution is -0.131. The lowest BCUT2D eigenvalue weighted by Gasteiger charge is -2.12. The van der Waals surface area contributed by atoms with Gasteiger partial charge in [0.2, 0.25) is 0 Å². The SMILES string of the molecule is Cc1ccccc1C1CN=C(C(=O)O)O1. The number of benzene rings is 1. The second kappa shape index (κ2) is 3.73. The Morgan fingerprint density at radius 2 is 2.27 bits per heavy atom. The predicted octanol–water partition coefficient (Wildman–Crippen LogP) is 1.55. The van der Waals surface area contributed by atoms with Crippen molar-refractivity contribution < 1.29 is 14.6 Å². The van der Waals surface area contributed by atoms with Crippen molar-refractivity contribution in [1.29, 1.82) is 0 Å². The van der Waals surface area contributed by atoms with Crippen LogP contribution in [0.25, 0.3) is 0 Å². The van der Waals surface area contributed by atoms with Crippen LogP contribution in [-0.4, -0.2) is 23.5 Å². The normalized spacial score (nSPS) is 19.5. The van der Waals surface area contributed by atoms with Crippen LogP contribution in [0.5, 0.6) is 0 Å². The molecule has 1 unspecified atom stereocenters. The molecule has 0 aliphatic carbocycles. The summed E-state index contributed by atoms with van der Waals surface area (Å²) in [6.45, 7) is 2.35. The van der Waals surface area contributed by atoms with Gasteiger partial charge in [-0.15, -0.1) is 0 Å². The Hall–Kier alpha value is -1.84. The zero-order valence-corrected chi connectivity index (χ0v) is 8.30. The molecule has 78 valence electrons. The molecule has 4 heteroatoms. The van der Waals surface area contributed by atoms with Gasteiger partial charge in [0.05, 0.1) is 6.54 Å². The Balaban J connectivity index is 2.17. The van der Waals surface area contributed by atoms with Crippen LogP contribution in [0.3, 0.4) is 0 Å². The fourth-order valence-corrected chi connectivity index (χ4v) is 1.60. The molecule has 0 aromatic heterocycles. The van der Waals surface area contributed by atoms with Crippen LogP contribution in [0, 0.1) is 6.92 Å². The fraction of sp³-hybridized carbons (Fsp3) is 0.273. The van der Waals surface area contributed by atoms with Crippen LogP contribution in [-0.2, 0) is 9.53 Å². The molecule has 0 radical (unpaired) electrons. The summed E-state index contributed by atoms with van der Waals surface area (Å²) in [6, 6.07) is 7.75. The summed E-state index contributed by atoms with van der Waals surface area (Å²) in [5.41, 5.74) is 2.09. The van der Waals surface area contributed by atoms with Gasteiger partial charge in [-0.3, -0.25) is 0 Å². The first-order chi connectivity index (χ1) is 7.18. The van der Waals surface area contributed by atoms with Gasteiger partial charge in [0.1, 0.15) is 6.10 Å². The molecule has 1 aliphatic heterocycles. The Bertz CT molecular complexity index is 426. The molecule has 0 bridgehead atoms. The molecular formula is C11H11NO3. The first kappa shape index (κ1) is 9.71. The van der Waals surface area contributed by atoms with E-state index in [4.69, 9.17) is 9.84 Å². The van der Waals surface area contributed by atoms with E-state index < -0.39 is 5.97 Å². The van der Waals surface area contributed by atoms with Crippen molar-refractivity contribution in [2.75, 3.05) is 6.54 Å². The van der Waals surface area contributed by atoms with Crippen molar-refractivity contribution in [3.63, 3.8) is 0 Å². The number of carboxylic acids is 1. The minimum Gasteiger partial charge on any atom is -0.474 e. The molecule has 0 saturated carbocycles. The zero-order chi connectivity index (χ0) is 10.8. The van der Waals surface area contributed by atoms with Crippen LogP contribution in [0.1, 0.15) is 17.2 Å². The Morgan fingerprint density at radius 1 is 1.53 bits per heavy atom. The lowest BCUT2D eigenvalue weighted by atomic mass is 10.0. The molecule has 1 aromatic carbocycles. The van der Waals surface area contributed by atoms with Gasteiger partial charge in [0, 0.05) is 0 Å². The third-order valence-corrected chi connectivity index (χ3v) is 2.37. The monoisotopic (exact) mass is 205 g/mol. The lowest BCUT2D eigenvalue weighted by Crippen LogP contribution is -2.14. The molecule has 4 nitrogen and oxygen atoms in total. The van der Waals surface area contributed by atoms with Crippen molar-refractivity contribution in [3.8, 4) is 0 Å². The van der Waals surface area contributed by atoms with Crippen LogP contribution in [0.4, 0.5) is 0 Å². The van der Waals surface area contributed by atoms with Crippen molar-refractivity contribution in [3.05, 3.63) is 35.4 Å². The first-order valence-electron chi connectivity index (χ1n) is 4.68. The van der Waals surface area contributed by atoms with Crippen molar-refractivity contribution in [2.24, 2.45) is 4.99 Å². The summed E-state index contributed by atoms with van der Waals surface area (Å²) in [6.07, 6.45) is -0.253. The van der Waals surface area contributed by atoms with Gasteiger partial charge in [0.15, 0.2) is 0 Å². The Kier molecular flexibility index (Phi) is 2.41. The third-order valence-electron chi connectivity index (χ3n) is 2.37. The van der Waals surface area contributed by atoms with E-state index in [2.05, 4.69) is 4.99 Å². The minimum atomic E-state index is -1.11. The number of nitrogens with zero attached hydrogens (tertiary/aromatic N) is 1. The molecule has 0 amide bonds. The summed E-state index contributed by atoms with van der Waals surface area (Å²) in [5, 5.41) is 8.69. The molecule has 1 N–H and O–H groups in total. The van der Waals surface area contributed by atoms with Gasteiger partial charge in [-0.2, -0.15) is 0 Å². The fourth-order valence-electron chi connectivity index (χ4n) is 1.60. The second-order valence-corrected chi connectivity index (χ2v) is 3.41. The highest BCUT2D eigenvalue weighted by molar-refractivity contribution is 6.32. The number of ether oxygens (including phenoxy) is 1. The number of aliphatic carboxylic acids is 1. The maximum Gasteiger partial charge on any atom is 0.391 e. The van der Waals surface area contributed by atoms with Crippen LogP contribution in [0.15, 0.2) is 29.3 Å². The van der Waals surface area contributed by atoms with Gasteiger partial charge in [-0.25, -0.2) is 9.79 Å². The number of hydrogen-bond donors (Lipinski definition) is 1. The van der Waals surface area contributed by atoms with E-state index in [1.165, 1.54) is 0 Å². The molecule has 0 saturated heterocycles. The highest BCUT2D eigenvalue weighted by Crippen LogP contribution is 2.25. The maximum absolute atomic E-state index is 10.6. The molecule has 0 fully saturated rings. The van der Waals surface area contributed by atoms with Gasteiger partial charge < -0.3 is 9.84 Å². The summed E-state index contributed by atoms with van der Waals surface area (Å²) < 4.78 is 5.24. The number of hydrogen-bond acceptors (Lipinski definition) is 3. The van der Waals surface area contributed by atoms with Crippen LogP contribution in [0.2, 0.25) is 0 Å². The Morgan fingerprint density at radius 3 is 2.87 bits per heavy atom. The van der Waals surface area contributed by atoms with Crippen molar-refractivity contribution >= 4 is 11.9 Å². The third kappa shape index (κ3) is 1.83. The number of carboxylic acid groups (broad SMARTS) is 1. The second-order valence-electron chi connectivity index (χ2n) is 3.41. The van der Waals surface area contributed by atoms with E-state index in [9.17, 15) is 4.79 Å². The summed E-state index contributed by atoms with van der Waals surface area (Å²) in [7, 11) is 0. The summed E-state index contributed by atoms with van der Waals surface area (Å²) >= 11 is 0. The van der Waals surface area contributed by atoms with Crippen LogP contribution < -0.4 is 0 Å². The Labute approximate surface area is 87.2 Å². The summed E-state index contributed by atoms with van der Waals surface area (Å²) in [4.78, 5) is 14.4. The van der Waals surface area contributed by atoms with E-state index in [0.717, 1.165) is 11.1 Å². The minimum absolute atomic E-state index is 0.191. The van der Waals surface area contributed by atoms with E-state index in [0.29, 0.717) is 6.54 Å². The van der Waals surface area contributed by atoms with E-state index in [1.54, 1.807) is 0 Å². The molecular weight excluding hydrogens is 194 g/mol. The van der Waals surface area contributed by atoms with Crippen molar-refractivity contribution in [2.45, 2.75) is 13.0 Å². The smallest absolute Gasteiger partial charge is 0.391 e.